The van der Waals surface area contributed by atoms with Crippen molar-refractivity contribution < 1.29 is 18.9 Å². The summed E-state index contributed by atoms with van der Waals surface area (Å²) >= 11 is 3.73. The van der Waals surface area contributed by atoms with E-state index in [0.29, 0.717) is 26.4 Å². The first-order chi connectivity index (χ1) is 15.3. The molecule has 2 atom stereocenters. The molecule has 2 aromatic carbocycles. The minimum Gasteiger partial charge on any atom is -0.370 e. The molecular weight excluding hydrogens is 428 g/mol. The highest BCUT2D eigenvalue weighted by Crippen LogP contribution is 2.11. The quantitative estimate of drug-likeness (QED) is 0.209. The van der Waals surface area contributed by atoms with Gasteiger partial charge in [0.2, 0.25) is 0 Å². The molecule has 31 heavy (non-hydrogen) atoms. The third kappa shape index (κ3) is 12.6. The van der Waals surface area contributed by atoms with Crippen LogP contribution in [-0.2, 0) is 32.2 Å². The van der Waals surface area contributed by atoms with Crippen LogP contribution in [0.2, 0.25) is 0 Å². The molecule has 0 aliphatic heterocycles. The highest BCUT2D eigenvalue weighted by molar-refractivity contribution is 7.99. The van der Waals surface area contributed by atoms with E-state index in [9.17, 15) is 0 Å². The van der Waals surface area contributed by atoms with Gasteiger partial charge in [0.05, 0.1) is 38.6 Å². The van der Waals surface area contributed by atoms with E-state index in [1.54, 1.807) is 0 Å². The van der Waals surface area contributed by atoms with Gasteiger partial charge in [-0.05, 0) is 22.6 Å². The summed E-state index contributed by atoms with van der Waals surface area (Å²) in [6.45, 7) is 6.83. The molecule has 0 saturated carbocycles. The largest absolute Gasteiger partial charge is 0.370 e. The van der Waals surface area contributed by atoms with E-state index >= 15 is 0 Å². The molecule has 0 fully saturated rings. The zero-order valence-corrected chi connectivity index (χ0v) is 20.4. The van der Waals surface area contributed by atoms with Crippen molar-refractivity contribution >= 4 is 23.5 Å². The van der Waals surface area contributed by atoms with Gasteiger partial charge in [0, 0.05) is 11.5 Å². The number of thioether (sulfide) groups is 2. The van der Waals surface area contributed by atoms with Crippen molar-refractivity contribution in [3.05, 3.63) is 71.8 Å². The standard InChI is InChI=1S/C25H36O4S2/c1-3-30-19-24(28-15-22-11-7-5-8-12-22)17-26-21-27-18-25(20-31-4-2)29-16-23-13-9-6-10-14-23/h5-14,24-25H,3-4,15-21H2,1-2H3. The minimum absolute atomic E-state index is 0.0505. The smallest absolute Gasteiger partial charge is 0.146 e. The SMILES string of the molecule is CCSCC(COCOCC(CSCC)OCc1ccccc1)OCc1ccccc1. The number of ether oxygens (including phenoxy) is 4. The van der Waals surface area contributed by atoms with Crippen LogP contribution in [0.15, 0.2) is 60.7 Å². The Morgan fingerprint density at radius 2 is 1.06 bits per heavy atom. The maximum atomic E-state index is 6.07. The molecule has 2 aromatic rings. The molecule has 0 N–H and O–H groups in total. The lowest BCUT2D eigenvalue weighted by Gasteiger charge is -2.20. The van der Waals surface area contributed by atoms with Gasteiger partial charge in [-0.2, -0.15) is 23.5 Å². The van der Waals surface area contributed by atoms with Crippen LogP contribution < -0.4 is 0 Å². The van der Waals surface area contributed by atoms with Crippen LogP contribution >= 0.6 is 23.5 Å². The second kappa shape index (κ2) is 17.5. The Morgan fingerprint density at radius 1 is 0.645 bits per heavy atom. The Kier molecular flexibility index (Phi) is 14.8. The van der Waals surface area contributed by atoms with E-state index in [4.69, 9.17) is 18.9 Å². The van der Waals surface area contributed by atoms with Gasteiger partial charge in [-0.15, -0.1) is 0 Å². The van der Waals surface area contributed by atoms with Gasteiger partial charge in [-0.3, -0.25) is 0 Å². The minimum atomic E-state index is 0.0505. The van der Waals surface area contributed by atoms with Gasteiger partial charge in [0.15, 0.2) is 0 Å². The van der Waals surface area contributed by atoms with E-state index in [1.165, 1.54) is 11.1 Å². The molecule has 0 spiro atoms. The third-order valence-corrected chi connectivity index (χ3v) is 6.48. The average Bonchev–Trinajstić information content (AvgIpc) is 2.82. The molecule has 172 valence electrons. The summed E-state index contributed by atoms with van der Waals surface area (Å²) in [7, 11) is 0. The van der Waals surface area contributed by atoms with Crippen LogP contribution in [0.1, 0.15) is 25.0 Å². The maximum absolute atomic E-state index is 6.07. The Balaban J connectivity index is 1.66. The molecule has 6 heteroatoms. The van der Waals surface area contributed by atoms with Gasteiger partial charge in [-0.1, -0.05) is 74.5 Å². The zero-order chi connectivity index (χ0) is 22.0. The van der Waals surface area contributed by atoms with E-state index in [2.05, 4.69) is 38.1 Å². The van der Waals surface area contributed by atoms with E-state index in [-0.39, 0.29) is 19.0 Å². The summed E-state index contributed by atoms with van der Waals surface area (Å²) < 4.78 is 23.7. The van der Waals surface area contributed by atoms with Gasteiger partial charge in [0.1, 0.15) is 6.79 Å². The fourth-order valence-electron chi connectivity index (χ4n) is 2.78. The lowest BCUT2D eigenvalue weighted by Crippen LogP contribution is -2.26. The summed E-state index contributed by atoms with van der Waals surface area (Å²) in [6, 6.07) is 20.5. The Morgan fingerprint density at radius 3 is 1.45 bits per heavy atom. The molecule has 2 unspecified atom stereocenters. The fraction of sp³-hybridized carbons (Fsp3) is 0.520. The average molecular weight is 465 g/mol. The van der Waals surface area contributed by atoms with Crippen molar-refractivity contribution in [2.75, 3.05) is 43.0 Å². The lowest BCUT2D eigenvalue weighted by molar-refractivity contribution is -0.111. The number of hydrogen-bond donors (Lipinski definition) is 0. The van der Waals surface area contributed by atoms with Gasteiger partial charge in [-0.25, -0.2) is 0 Å². The summed E-state index contributed by atoms with van der Waals surface area (Å²) in [4.78, 5) is 0. The Labute approximate surface area is 196 Å². The molecule has 2 rings (SSSR count). The molecule has 4 nitrogen and oxygen atoms in total. The maximum Gasteiger partial charge on any atom is 0.146 e. The number of hydrogen-bond acceptors (Lipinski definition) is 6. The van der Waals surface area contributed by atoms with Crippen molar-refractivity contribution in [2.24, 2.45) is 0 Å². The monoisotopic (exact) mass is 464 g/mol. The van der Waals surface area contributed by atoms with E-state index in [1.807, 2.05) is 59.9 Å². The van der Waals surface area contributed by atoms with Gasteiger partial charge < -0.3 is 18.9 Å². The molecular formula is C25H36O4S2. The predicted octanol–water partition coefficient (Wildman–Crippen LogP) is 5.65. The highest BCUT2D eigenvalue weighted by atomic mass is 32.2. The van der Waals surface area contributed by atoms with Crippen molar-refractivity contribution in [3.8, 4) is 0 Å². The number of rotatable bonds is 18. The van der Waals surface area contributed by atoms with E-state index in [0.717, 1.165) is 23.0 Å². The predicted molar refractivity (Wildman–Crippen MR) is 133 cm³/mol. The first-order valence-corrected chi connectivity index (χ1v) is 13.2. The van der Waals surface area contributed by atoms with Crippen LogP contribution in [0.3, 0.4) is 0 Å². The van der Waals surface area contributed by atoms with Crippen LogP contribution in [0, 0.1) is 0 Å². The molecule has 0 bridgehead atoms. The second-order valence-corrected chi connectivity index (χ2v) is 9.65. The molecule has 0 heterocycles. The third-order valence-electron chi connectivity index (χ3n) is 4.45. The summed E-state index contributed by atoms with van der Waals surface area (Å²) in [5, 5.41) is 0. The summed E-state index contributed by atoms with van der Waals surface area (Å²) in [6.07, 6.45) is 0.101. The zero-order valence-electron chi connectivity index (χ0n) is 18.7. The lowest BCUT2D eigenvalue weighted by atomic mass is 10.2. The molecule has 0 radical (unpaired) electrons. The van der Waals surface area contributed by atoms with Crippen LogP contribution in [0.5, 0.6) is 0 Å². The van der Waals surface area contributed by atoms with Gasteiger partial charge in [0.25, 0.3) is 0 Å². The summed E-state index contributed by atoms with van der Waals surface area (Å²) in [5.74, 6) is 3.97. The van der Waals surface area contributed by atoms with Gasteiger partial charge >= 0.3 is 0 Å². The number of benzene rings is 2. The van der Waals surface area contributed by atoms with Crippen molar-refractivity contribution in [1.29, 1.82) is 0 Å². The Bertz CT molecular complexity index is 600. The normalized spacial score (nSPS) is 13.2. The second-order valence-electron chi connectivity index (χ2n) is 7.02. The topological polar surface area (TPSA) is 36.9 Å². The Hall–Kier alpha value is -1.02. The molecule has 0 saturated heterocycles. The van der Waals surface area contributed by atoms with Crippen molar-refractivity contribution in [1.82, 2.24) is 0 Å². The van der Waals surface area contributed by atoms with Crippen LogP contribution in [-0.4, -0.2) is 55.2 Å². The van der Waals surface area contributed by atoms with E-state index < -0.39 is 0 Å². The fourth-order valence-corrected chi connectivity index (χ4v) is 4.16. The molecule has 0 aliphatic rings. The van der Waals surface area contributed by atoms with Crippen LogP contribution in [0.25, 0.3) is 0 Å². The summed E-state index contributed by atoms with van der Waals surface area (Å²) in [5.41, 5.74) is 2.36. The molecule has 0 aromatic heterocycles. The van der Waals surface area contributed by atoms with Crippen LogP contribution in [0.4, 0.5) is 0 Å². The molecule has 0 amide bonds. The van der Waals surface area contributed by atoms with Crippen molar-refractivity contribution in [2.45, 2.75) is 39.3 Å². The first-order valence-electron chi connectivity index (χ1n) is 10.9. The molecule has 0 aliphatic carbocycles. The first kappa shape index (κ1) is 26.2. The highest BCUT2D eigenvalue weighted by Gasteiger charge is 2.12. The van der Waals surface area contributed by atoms with Crippen molar-refractivity contribution in [3.63, 3.8) is 0 Å².